The Bertz CT molecular complexity index is 935. The zero-order valence-electron chi connectivity index (χ0n) is 15.5. The number of aliphatic hydroxyl groups excluding tert-OH is 1. The normalized spacial score (nSPS) is 13.3. The first kappa shape index (κ1) is 23.0. The molecule has 2 aromatic carbocycles. The monoisotopic (exact) mass is 484 g/mol. The van der Waals surface area contributed by atoms with Gasteiger partial charge in [0.15, 0.2) is 6.10 Å². The molecular weight excluding hydrogens is 464 g/mol. The molecule has 0 heterocycles. The van der Waals surface area contributed by atoms with Gasteiger partial charge < -0.3 is 15.2 Å². The number of esters is 1. The summed E-state index contributed by atoms with van der Waals surface area (Å²) in [6.45, 7) is 0.782. The maximum atomic E-state index is 12.4. The third-order valence-corrected chi connectivity index (χ3v) is 5.88. The summed E-state index contributed by atoms with van der Waals surface area (Å²) in [5, 5.41) is 12.0. The Morgan fingerprint density at radius 1 is 1.10 bits per heavy atom. The van der Waals surface area contributed by atoms with Crippen LogP contribution in [0.3, 0.4) is 0 Å². The zero-order chi connectivity index (χ0) is 21.4. The van der Waals surface area contributed by atoms with Gasteiger partial charge in [-0.2, -0.15) is 4.72 Å². The van der Waals surface area contributed by atoms with Gasteiger partial charge in [0.05, 0.1) is 11.5 Å². The smallest absolute Gasteiger partial charge is 0.327 e. The van der Waals surface area contributed by atoms with Crippen molar-refractivity contribution in [2.75, 3.05) is 6.61 Å². The average molecular weight is 485 g/mol. The Labute approximate surface area is 177 Å². The molecule has 2 aromatic rings. The maximum absolute atomic E-state index is 12.4. The maximum Gasteiger partial charge on any atom is 0.327 e. The molecule has 0 aliphatic rings. The van der Waals surface area contributed by atoms with Crippen molar-refractivity contribution >= 4 is 37.8 Å². The fraction of sp³-hybridized carbons (Fsp3) is 0.263. The number of carbonyl (C=O) groups excluding carboxylic acids is 2. The Morgan fingerprint density at radius 3 is 2.31 bits per heavy atom. The van der Waals surface area contributed by atoms with Crippen molar-refractivity contribution in [3.05, 3.63) is 64.6 Å². The molecule has 3 N–H and O–H groups in total. The second-order valence-electron chi connectivity index (χ2n) is 6.09. The van der Waals surface area contributed by atoms with Crippen LogP contribution in [0.25, 0.3) is 0 Å². The third kappa shape index (κ3) is 6.93. The van der Waals surface area contributed by atoms with Crippen LogP contribution in [0.2, 0.25) is 0 Å². The zero-order valence-corrected chi connectivity index (χ0v) is 17.9. The molecule has 0 bridgehead atoms. The number of amides is 1. The van der Waals surface area contributed by atoms with E-state index in [0.717, 1.165) is 5.56 Å². The number of benzene rings is 2. The number of sulfonamides is 1. The van der Waals surface area contributed by atoms with E-state index in [0.29, 0.717) is 4.47 Å². The highest BCUT2D eigenvalue weighted by atomic mass is 79.9. The van der Waals surface area contributed by atoms with Gasteiger partial charge in [0.2, 0.25) is 10.0 Å². The van der Waals surface area contributed by atoms with E-state index >= 15 is 0 Å². The number of carbonyl (C=O) groups is 2. The molecule has 10 heteroatoms. The summed E-state index contributed by atoms with van der Waals surface area (Å²) in [4.78, 5) is 24.3. The lowest BCUT2D eigenvalue weighted by molar-refractivity contribution is -0.157. The first-order valence-electron chi connectivity index (χ1n) is 8.64. The molecule has 156 valence electrons. The van der Waals surface area contributed by atoms with Crippen LogP contribution in [-0.2, 0) is 30.9 Å². The van der Waals surface area contributed by atoms with Crippen LogP contribution in [0, 0.1) is 0 Å². The van der Waals surface area contributed by atoms with Crippen molar-refractivity contribution in [1.29, 1.82) is 0 Å². The predicted octanol–water partition coefficient (Wildman–Crippen LogP) is 1.34. The van der Waals surface area contributed by atoms with Crippen molar-refractivity contribution in [1.82, 2.24) is 10.0 Å². The lowest BCUT2D eigenvalue weighted by atomic mass is 10.2. The van der Waals surface area contributed by atoms with E-state index in [1.807, 2.05) is 30.3 Å². The van der Waals surface area contributed by atoms with Crippen molar-refractivity contribution in [2.45, 2.75) is 30.5 Å². The summed E-state index contributed by atoms with van der Waals surface area (Å²) >= 11 is 3.20. The molecule has 0 spiro atoms. The number of aliphatic hydroxyl groups is 1. The van der Waals surface area contributed by atoms with Crippen LogP contribution in [0.5, 0.6) is 0 Å². The summed E-state index contributed by atoms with van der Waals surface area (Å²) in [6, 6.07) is 13.3. The van der Waals surface area contributed by atoms with Gasteiger partial charge >= 0.3 is 5.97 Å². The van der Waals surface area contributed by atoms with E-state index in [1.54, 1.807) is 0 Å². The van der Waals surface area contributed by atoms with Gasteiger partial charge in [0.25, 0.3) is 5.91 Å². The van der Waals surface area contributed by atoms with Gasteiger partial charge in [0.1, 0.15) is 6.04 Å². The molecule has 0 saturated carbocycles. The molecule has 0 radical (unpaired) electrons. The standard InChI is InChI=1S/C19H21BrN2O6S/c1-13(18(24)21-11-14-5-3-2-4-6-14)28-19(25)17(12-23)22-29(26,27)16-9-7-15(20)8-10-16/h2-10,13,17,22-23H,11-12H2,1H3,(H,21,24)/t13-,17+/m1/s1. The molecule has 0 saturated heterocycles. The van der Waals surface area contributed by atoms with E-state index in [2.05, 4.69) is 26.0 Å². The van der Waals surface area contributed by atoms with Gasteiger partial charge in [-0.25, -0.2) is 8.42 Å². The SMILES string of the molecule is C[C@@H](OC(=O)[C@H](CO)NS(=O)(=O)c1ccc(Br)cc1)C(=O)NCc1ccccc1. The van der Waals surface area contributed by atoms with Gasteiger partial charge in [-0.3, -0.25) is 9.59 Å². The van der Waals surface area contributed by atoms with E-state index in [4.69, 9.17) is 4.74 Å². The second-order valence-corrected chi connectivity index (χ2v) is 8.72. The van der Waals surface area contributed by atoms with E-state index in [-0.39, 0.29) is 11.4 Å². The molecule has 2 atom stereocenters. The van der Waals surface area contributed by atoms with Crippen LogP contribution >= 0.6 is 15.9 Å². The summed E-state index contributed by atoms with van der Waals surface area (Å²) in [7, 11) is -4.07. The number of rotatable bonds is 9. The number of halogens is 1. The summed E-state index contributed by atoms with van der Waals surface area (Å²) in [5.41, 5.74) is 0.870. The van der Waals surface area contributed by atoms with Gasteiger partial charge in [-0.05, 0) is 36.8 Å². The third-order valence-electron chi connectivity index (χ3n) is 3.86. The van der Waals surface area contributed by atoms with Crippen molar-refractivity contribution in [3.8, 4) is 0 Å². The molecule has 0 aliphatic heterocycles. The van der Waals surface area contributed by atoms with E-state index < -0.39 is 40.7 Å². The lowest BCUT2D eigenvalue weighted by Crippen LogP contribution is -2.46. The first-order valence-corrected chi connectivity index (χ1v) is 10.9. The van der Waals surface area contributed by atoms with Crippen molar-refractivity contribution in [3.63, 3.8) is 0 Å². The Hall–Kier alpha value is -2.27. The van der Waals surface area contributed by atoms with Crippen LogP contribution < -0.4 is 10.0 Å². The Balaban J connectivity index is 1.94. The van der Waals surface area contributed by atoms with Crippen LogP contribution in [0.4, 0.5) is 0 Å². The second kappa shape index (κ2) is 10.5. The molecule has 0 fully saturated rings. The molecule has 0 unspecified atom stereocenters. The summed E-state index contributed by atoms with van der Waals surface area (Å²) in [5.74, 6) is -1.61. The van der Waals surface area contributed by atoms with Gasteiger partial charge in [-0.1, -0.05) is 46.3 Å². The number of ether oxygens (including phenoxy) is 1. The first-order chi connectivity index (χ1) is 13.7. The minimum absolute atomic E-state index is 0.0828. The summed E-state index contributed by atoms with van der Waals surface area (Å²) < 4.78 is 32.5. The predicted molar refractivity (Wildman–Crippen MR) is 109 cm³/mol. The fourth-order valence-electron chi connectivity index (χ4n) is 2.27. The fourth-order valence-corrected chi connectivity index (χ4v) is 3.71. The van der Waals surface area contributed by atoms with E-state index in [1.165, 1.54) is 31.2 Å². The highest BCUT2D eigenvalue weighted by molar-refractivity contribution is 9.10. The van der Waals surface area contributed by atoms with Crippen LogP contribution in [-0.4, -0.2) is 44.2 Å². The minimum atomic E-state index is -4.07. The van der Waals surface area contributed by atoms with Gasteiger partial charge in [-0.15, -0.1) is 0 Å². The quantitative estimate of drug-likeness (QED) is 0.461. The average Bonchev–Trinajstić information content (AvgIpc) is 2.71. The van der Waals surface area contributed by atoms with Crippen LogP contribution in [0.15, 0.2) is 64.0 Å². The molecular formula is C19H21BrN2O6S. The van der Waals surface area contributed by atoms with Crippen LogP contribution in [0.1, 0.15) is 12.5 Å². The van der Waals surface area contributed by atoms with Gasteiger partial charge in [0, 0.05) is 11.0 Å². The number of nitrogens with one attached hydrogen (secondary N) is 2. The molecule has 1 amide bonds. The molecule has 29 heavy (non-hydrogen) atoms. The van der Waals surface area contributed by atoms with Crippen molar-refractivity contribution in [2.24, 2.45) is 0 Å². The highest BCUT2D eigenvalue weighted by Gasteiger charge is 2.29. The molecule has 0 aromatic heterocycles. The van der Waals surface area contributed by atoms with E-state index in [9.17, 15) is 23.1 Å². The Kier molecular flexibility index (Phi) is 8.32. The lowest BCUT2D eigenvalue weighted by Gasteiger charge is -2.19. The Morgan fingerprint density at radius 2 is 1.72 bits per heavy atom. The van der Waals surface area contributed by atoms with Crippen molar-refractivity contribution < 1.29 is 27.9 Å². The molecule has 2 rings (SSSR count). The number of hydrogen-bond donors (Lipinski definition) is 3. The molecule has 8 nitrogen and oxygen atoms in total. The topological polar surface area (TPSA) is 122 Å². The largest absolute Gasteiger partial charge is 0.451 e. The summed E-state index contributed by atoms with van der Waals surface area (Å²) in [6.07, 6.45) is -1.17. The minimum Gasteiger partial charge on any atom is -0.451 e. The molecule has 0 aliphatic carbocycles. The highest BCUT2D eigenvalue weighted by Crippen LogP contribution is 2.15. The number of hydrogen-bond acceptors (Lipinski definition) is 6.